The second-order valence-corrected chi connectivity index (χ2v) is 15.4. The molecule has 7 aromatic rings. The standard InChI is InChI=1S/C47H45N3O/c1-28-24-35(46-49-48-45(51-46)33-18-21-36(22-19-33)47(6,7)8)25-29(2)43(28)44-30(3)26-39(31(4)32(44)5)34-20-23-42-40(27-34)38-16-12-13-17-41(38)50(42)37-14-10-9-11-15-37/h9-27,31,39H,1-8H3. The summed E-state index contributed by atoms with van der Waals surface area (Å²) < 4.78 is 8.62. The summed E-state index contributed by atoms with van der Waals surface area (Å²) in [7, 11) is 0. The van der Waals surface area contributed by atoms with Gasteiger partial charge in [-0.15, -0.1) is 10.2 Å². The van der Waals surface area contributed by atoms with Crippen molar-refractivity contribution in [3.63, 3.8) is 0 Å². The van der Waals surface area contributed by atoms with Crippen LogP contribution in [-0.2, 0) is 5.41 Å². The molecule has 0 N–H and O–H groups in total. The molecule has 0 saturated heterocycles. The number of benzene rings is 5. The molecule has 2 heterocycles. The average molecular weight is 668 g/mol. The molecule has 1 aliphatic carbocycles. The Morgan fingerprint density at radius 1 is 0.647 bits per heavy atom. The molecular weight excluding hydrogens is 623 g/mol. The predicted octanol–water partition coefficient (Wildman–Crippen LogP) is 12.6. The Hall–Kier alpha value is -5.48. The third kappa shape index (κ3) is 5.63. The first-order chi connectivity index (χ1) is 24.5. The van der Waals surface area contributed by atoms with E-state index in [9.17, 15) is 0 Å². The highest BCUT2D eigenvalue weighted by Gasteiger charge is 2.29. The van der Waals surface area contributed by atoms with E-state index >= 15 is 0 Å². The Labute approximate surface area is 301 Å². The zero-order chi connectivity index (χ0) is 35.6. The fourth-order valence-electron chi connectivity index (χ4n) is 8.19. The van der Waals surface area contributed by atoms with Crippen LogP contribution in [0.2, 0.25) is 0 Å². The first-order valence-corrected chi connectivity index (χ1v) is 18.0. The van der Waals surface area contributed by atoms with Crippen molar-refractivity contribution in [3.8, 4) is 28.6 Å². The first-order valence-electron chi connectivity index (χ1n) is 18.0. The molecule has 1 aliphatic rings. The topological polar surface area (TPSA) is 43.9 Å². The zero-order valence-corrected chi connectivity index (χ0v) is 30.9. The normalized spacial score (nSPS) is 16.7. The summed E-state index contributed by atoms with van der Waals surface area (Å²) in [6, 6.07) is 39.4. The number of rotatable bonds is 5. The maximum Gasteiger partial charge on any atom is 0.248 e. The Morgan fingerprint density at radius 2 is 1.27 bits per heavy atom. The molecule has 0 saturated carbocycles. The lowest BCUT2D eigenvalue weighted by Gasteiger charge is -2.32. The minimum Gasteiger partial charge on any atom is -0.416 e. The van der Waals surface area contributed by atoms with E-state index in [1.807, 2.05) is 0 Å². The van der Waals surface area contributed by atoms with E-state index in [2.05, 4.69) is 185 Å². The number of aryl methyl sites for hydroxylation is 2. The summed E-state index contributed by atoms with van der Waals surface area (Å²) in [5, 5.41) is 11.5. The molecule has 0 spiro atoms. The lowest BCUT2D eigenvalue weighted by atomic mass is 9.72. The van der Waals surface area contributed by atoms with Crippen molar-refractivity contribution >= 4 is 27.4 Å². The van der Waals surface area contributed by atoms with E-state index in [0.717, 1.165) is 11.1 Å². The van der Waals surface area contributed by atoms with Crippen molar-refractivity contribution in [2.75, 3.05) is 0 Å². The SMILES string of the molecule is CC1=CC(c2ccc3c(c2)c2ccccc2n3-c2ccccc2)C(C)C(C)=C1c1c(C)cc(-c2nnc(-c3ccc(C(C)(C)C)cc3)o2)cc1C. The number of hydrogen-bond acceptors (Lipinski definition) is 3. The highest BCUT2D eigenvalue weighted by Crippen LogP contribution is 2.46. The van der Waals surface area contributed by atoms with Crippen molar-refractivity contribution in [2.45, 2.75) is 66.7 Å². The second kappa shape index (κ2) is 12.4. The molecular formula is C47H45N3O. The highest BCUT2D eigenvalue weighted by atomic mass is 16.4. The molecule has 0 radical (unpaired) electrons. The van der Waals surface area contributed by atoms with Crippen LogP contribution < -0.4 is 0 Å². The maximum absolute atomic E-state index is 6.24. The number of allylic oxidation sites excluding steroid dienone is 4. The number of aromatic nitrogens is 3. The Balaban J connectivity index is 1.12. The molecule has 2 aromatic heterocycles. The third-order valence-corrected chi connectivity index (χ3v) is 11.0. The average Bonchev–Trinajstić information content (AvgIpc) is 3.74. The lowest BCUT2D eigenvalue weighted by Crippen LogP contribution is -2.16. The monoisotopic (exact) mass is 667 g/mol. The van der Waals surface area contributed by atoms with Crippen molar-refractivity contribution < 1.29 is 4.42 Å². The van der Waals surface area contributed by atoms with Crippen LogP contribution in [0.4, 0.5) is 0 Å². The summed E-state index contributed by atoms with van der Waals surface area (Å²) in [4.78, 5) is 0. The lowest BCUT2D eigenvalue weighted by molar-refractivity contribution is 0.582. The van der Waals surface area contributed by atoms with E-state index in [0.29, 0.717) is 17.7 Å². The van der Waals surface area contributed by atoms with Gasteiger partial charge in [0.1, 0.15) is 0 Å². The molecule has 2 atom stereocenters. The van der Waals surface area contributed by atoms with Crippen molar-refractivity contribution in [1.82, 2.24) is 14.8 Å². The maximum atomic E-state index is 6.24. The van der Waals surface area contributed by atoms with E-state index in [-0.39, 0.29) is 11.3 Å². The highest BCUT2D eigenvalue weighted by molar-refractivity contribution is 6.09. The number of nitrogens with zero attached hydrogens (tertiary/aromatic N) is 3. The van der Waals surface area contributed by atoms with Gasteiger partial charge in [0, 0.05) is 33.5 Å². The van der Waals surface area contributed by atoms with Crippen LogP contribution in [0.5, 0.6) is 0 Å². The van der Waals surface area contributed by atoms with Gasteiger partial charge in [0.2, 0.25) is 11.8 Å². The molecule has 0 aliphatic heterocycles. The summed E-state index contributed by atoms with van der Waals surface area (Å²) in [6.07, 6.45) is 2.49. The van der Waals surface area contributed by atoms with Gasteiger partial charge in [-0.05, 0) is 133 Å². The molecule has 4 nitrogen and oxygen atoms in total. The van der Waals surface area contributed by atoms with Crippen LogP contribution in [0.15, 0.2) is 131 Å². The van der Waals surface area contributed by atoms with Crippen LogP contribution in [0.3, 0.4) is 0 Å². The molecule has 2 unspecified atom stereocenters. The Kier molecular flexibility index (Phi) is 7.94. The molecule has 5 aromatic carbocycles. The summed E-state index contributed by atoms with van der Waals surface area (Å²) in [5.74, 6) is 1.70. The van der Waals surface area contributed by atoms with Gasteiger partial charge in [-0.2, -0.15) is 0 Å². The summed E-state index contributed by atoms with van der Waals surface area (Å²) in [5.41, 5.74) is 16.1. The van der Waals surface area contributed by atoms with Gasteiger partial charge >= 0.3 is 0 Å². The summed E-state index contributed by atoms with van der Waals surface area (Å²) >= 11 is 0. The molecule has 4 heteroatoms. The van der Waals surface area contributed by atoms with E-state index in [1.54, 1.807) is 0 Å². The third-order valence-electron chi connectivity index (χ3n) is 11.0. The molecule has 8 rings (SSSR count). The predicted molar refractivity (Wildman–Crippen MR) is 212 cm³/mol. The smallest absolute Gasteiger partial charge is 0.248 e. The number of hydrogen-bond donors (Lipinski definition) is 0. The van der Waals surface area contributed by atoms with E-state index in [1.165, 1.54) is 72.0 Å². The van der Waals surface area contributed by atoms with Crippen molar-refractivity contribution in [2.24, 2.45) is 5.92 Å². The molecule has 0 fully saturated rings. The van der Waals surface area contributed by atoms with Crippen LogP contribution in [0.25, 0.3) is 56.0 Å². The van der Waals surface area contributed by atoms with Gasteiger partial charge in [0.25, 0.3) is 0 Å². The Bertz CT molecular complexity index is 2480. The van der Waals surface area contributed by atoms with Gasteiger partial charge in [-0.25, -0.2) is 0 Å². The second-order valence-electron chi connectivity index (χ2n) is 15.4. The van der Waals surface area contributed by atoms with Crippen LogP contribution in [-0.4, -0.2) is 14.8 Å². The van der Waals surface area contributed by atoms with Gasteiger partial charge in [0.15, 0.2) is 0 Å². The van der Waals surface area contributed by atoms with E-state index < -0.39 is 0 Å². The van der Waals surface area contributed by atoms with Gasteiger partial charge in [0.05, 0.1) is 11.0 Å². The van der Waals surface area contributed by atoms with E-state index in [4.69, 9.17) is 4.42 Å². The largest absolute Gasteiger partial charge is 0.416 e. The molecule has 0 amide bonds. The van der Waals surface area contributed by atoms with Gasteiger partial charge < -0.3 is 8.98 Å². The van der Waals surface area contributed by atoms with Gasteiger partial charge in [-0.1, -0.05) is 93.9 Å². The van der Waals surface area contributed by atoms with Crippen LogP contribution >= 0.6 is 0 Å². The fraction of sp³-hybridized carbons (Fsp3) is 0.234. The van der Waals surface area contributed by atoms with Gasteiger partial charge in [-0.3, -0.25) is 0 Å². The molecule has 254 valence electrons. The van der Waals surface area contributed by atoms with Crippen LogP contribution in [0, 0.1) is 19.8 Å². The Morgan fingerprint density at radius 3 is 1.96 bits per heavy atom. The summed E-state index contributed by atoms with van der Waals surface area (Å²) in [6.45, 7) is 18.0. The number of fused-ring (bicyclic) bond motifs is 3. The van der Waals surface area contributed by atoms with Crippen molar-refractivity contribution in [3.05, 3.63) is 154 Å². The molecule has 0 bridgehead atoms. The van der Waals surface area contributed by atoms with Crippen molar-refractivity contribution in [1.29, 1.82) is 0 Å². The molecule has 51 heavy (non-hydrogen) atoms. The minimum atomic E-state index is 0.0908. The number of para-hydroxylation sites is 2. The fourth-order valence-corrected chi connectivity index (χ4v) is 8.19. The zero-order valence-electron chi connectivity index (χ0n) is 30.9. The minimum absolute atomic E-state index is 0.0908. The first kappa shape index (κ1) is 32.7. The van der Waals surface area contributed by atoms with Crippen LogP contribution in [0.1, 0.15) is 75.3 Å². The quantitative estimate of drug-likeness (QED) is 0.183.